The molecule has 2 aromatic rings. The number of amides is 2. The highest BCUT2D eigenvalue weighted by molar-refractivity contribution is 6.17. The first-order chi connectivity index (χ1) is 13.0. The molecule has 6 nitrogen and oxygen atoms in total. The van der Waals surface area contributed by atoms with Gasteiger partial charge in [0.15, 0.2) is 0 Å². The topological polar surface area (TPSA) is 76.7 Å². The summed E-state index contributed by atoms with van der Waals surface area (Å²) in [5.41, 5.74) is 1.23. The van der Waals surface area contributed by atoms with Crippen LogP contribution in [0.5, 0.6) is 11.5 Å². The molecule has 1 saturated carbocycles. The van der Waals surface area contributed by atoms with Gasteiger partial charge in [0.1, 0.15) is 16.9 Å². The Balaban J connectivity index is 1.77. The van der Waals surface area contributed by atoms with Crippen molar-refractivity contribution in [1.29, 1.82) is 0 Å². The maximum Gasteiger partial charge on any atom is 0.240 e. The number of anilines is 2. The monoisotopic (exact) mass is 368 g/mol. The summed E-state index contributed by atoms with van der Waals surface area (Å²) in [7, 11) is 3.08. The molecule has 0 radical (unpaired) electrons. The van der Waals surface area contributed by atoms with E-state index in [-0.39, 0.29) is 11.8 Å². The van der Waals surface area contributed by atoms with Crippen molar-refractivity contribution in [1.82, 2.24) is 0 Å². The summed E-state index contributed by atoms with van der Waals surface area (Å²) in [5.74, 6) is 0.497. The molecule has 0 aliphatic heterocycles. The fourth-order valence-electron chi connectivity index (χ4n) is 3.03. The SMILES string of the molecule is CCc1ccccc1NC(=O)C1(C(=O)Nc2cc(OC)ccc2OC)CC1. The number of methoxy groups -OCH3 is 2. The molecule has 142 valence electrons. The molecule has 0 unspecified atom stereocenters. The molecule has 6 heteroatoms. The fraction of sp³-hybridized carbons (Fsp3) is 0.333. The van der Waals surface area contributed by atoms with Crippen LogP contribution in [0.15, 0.2) is 42.5 Å². The van der Waals surface area contributed by atoms with Crippen LogP contribution >= 0.6 is 0 Å². The van der Waals surface area contributed by atoms with E-state index in [1.807, 2.05) is 31.2 Å². The third-order valence-corrected chi connectivity index (χ3v) is 4.92. The lowest BCUT2D eigenvalue weighted by Crippen LogP contribution is -2.36. The minimum Gasteiger partial charge on any atom is -0.497 e. The summed E-state index contributed by atoms with van der Waals surface area (Å²) < 4.78 is 10.5. The predicted octanol–water partition coefficient (Wildman–Crippen LogP) is 3.62. The smallest absolute Gasteiger partial charge is 0.240 e. The summed E-state index contributed by atoms with van der Waals surface area (Å²) in [6.45, 7) is 2.03. The van der Waals surface area contributed by atoms with Gasteiger partial charge in [-0.1, -0.05) is 25.1 Å². The Morgan fingerprint density at radius 2 is 1.63 bits per heavy atom. The van der Waals surface area contributed by atoms with Crippen LogP contribution in [0.25, 0.3) is 0 Å². The Bertz CT molecular complexity index is 859. The molecular formula is C21H24N2O4. The molecular weight excluding hydrogens is 344 g/mol. The minimum absolute atomic E-state index is 0.275. The van der Waals surface area contributed by atoms with Crippen LogP contribution in [0.2, 0.25) is 0 Å². The zero-order valence-corrected chi connectivity index (χ0v) is 15.8. The highest BCUT2D eigenvalue weighted by Gasteiger charge is 2.56. The maximum absolute atomic E-state index is 12.9. The number of nitrogens with one attached hydrogen (secondary N) is 2. The van der Waals surface area contributed by atoms with E-state index >= 15 is 0 Å². The molecule has 0 bridgehead atoms. The second-order valence-corrected chi connectivity index (χ2v) is 6.57. The second kappa shape index (κ2) is 7.70. The zero-order valence-electron chi connectivity index (χ0n) is 15.8. The lowest BCUT2D eigenvalue weighted by molar-refractivity contribution is -0.131. The first-order valence-electron chi connectivity index (χ1n) is 8.97. The van der Waals surface area contributed by atoms with Gasteiger partial charge in [0.25, 0.3) is 0 Å². The van der Waals surface area contributed by atoms with Crippen molar-refractivity contribution in [2.75, 3.05) is 24.9 Å². The molecule has 1 aliphatic carbocycles. The number of hydrogen-bond acceptors (Lipinski definition) is 4. The van der Waals surface area contributed by atoms with Gasteiger partial charge in [-0.15, -0.1) is 0 Å². The van der Waals surface area contributed by atoms with Crippen LogP contribution < -0.4 is 20.1 Å². The number of carbonyl (C=O) groups excluding carboxylic acids is 2. The number of rotatable bonds is 7. The summed E-state index contributed by atoms with van der Waals surface area (Å²) in [5, 5.41) is 5.76. The third kappa shape index (κ3) is 3.74. The molecule has 1 aliphatic rings. The van der Waals surface area contributed by atoms with E-state index in [1.165, 1.54) is 7.11 Å². The molecule has 2 N–H and O–H groups in total. The van der Waals surface area contributed by atoms with Crippen molar-refractivity contribution in [2.45, 2.75) is 26.2 Å². The molecule has 3 rings (SSSR count). The van der Waals surface area contributed by atoms with E-state index in [4.69, 9.17) is 9.47 Å². The molecule has 0 heterocycles. The van der Waals surface area contributed by atoms with Crippen molar-refractivity contribution in [3.63, 3.8) is 0 Å². The number of para-hydroxylation sites is 1. The number of aryl methyl sites for hydroxylation is 1. The van der Waals surface area contributed by atoms with Crippen molar-refractivity contribution in [3.8, 4) is 11.5 Å². The second-order valence-electron chi connectivity index (χ2n) is 6.57. The van der Waals surface area contributed by atoms with Gasteiger partial charge in [0.2, 0.25) is 11.8 Å². The van der Waals surface area contributed by atoms with Gasteiger partial charge in [-0.05, 0) is 43.0 Å². The first-order valence-corrected chi connectivity index (χ1v) is 8.97. The average molecular weight is 368 g/mol. The fourth-order valence-corrected chi connectivity index (χ4v) is 3.03. The van der Waals surface area contributed by atoms with Gasteiger partial charge in [-0.3, -0.25) is 9.59 Å². The van der Waals surface area contributed by atoms with Gasteiger partial charge in [-0.25, -0.2) is 0 Å². The number of ether oxygens (including phenoxy) is 2. The van der Waals surface area contributed by atoms with Crippen LogP contribution in [-0.4, -0.2) is 26.0 Å². The third-order valence-electron chi connectivity index (χ3n) is 4.92. The summed E-state index contributed by atoms with van der Waals surface area (Å²) in [4.78, 5) is 25.7. The number of benzene rings is 2. The molecule has 0 atom stereocenters. The Morgan fingerprint density at radius 1 is 0.963 bits per heavy atom. The summed E-state index contributed by atoms with van der Waals surface area (Å²) in [6, 6.07) is 12.8. The molecule has 2 amide bonds. The lowest BCUT2D eigenvalue weighted by atomic mass is 10.0. The minimum atomic E-state index is -1.05. The van der Waals surface area contributed by atoms with Crippen LogP contribution in [0.3, 0.4) is 0 Å². The van der Waals surface area contributed by atoms with E-state index in [9.17, 15) is 9.59 Å². The van der Waals surface area contributed by atoms with Gasteiger partial charge in [0.05, 0.1) is 19.9 Å². The van der Waals surface area contributed by atoms with Gasteiger partial charge >= 0.3 is 0 Å². The number of carbonyl (C=O) groups is 2. The van der Waals surface area contributed by atoms with Crippen molar-refractivity contribution >= 4 is 23.2 Å². The molecule has 0 saturated heterocycles. The van der Waals surface area contributed by atoms with Crippen molar-refractivity contribution in [3.05, 3.63) is 48.0 Å². The van der Waals surface area contributed by atoms with E-state index < -0.39 is 5.41 Å². The van der Waals surface area contributed by atoms with E-state index in [1.54, 1.807) is 25.3 Å². The van der Waals surface area contributed by atoms with Crippen LogP contribution in [0.4, 0.5) is 11.4 Å². The Hall–Kier alpha value is -3.02. The molecule has 1 fully saturated rings. The Morgan fingerprint density at radius 3 is 2.22 bits per heavy atom. The largest absolute Gasteiger partial charge is 0.497 e. The Kier molecular flexibility index (Phi) is 5.35. The van der Waals surface area contributed by atoms with Crippen LogP contribution in [0.1, 0.15) is 25.3 Å². The van der Waals surface area contributed by atoms with Gasteiger partial charge in [-0.2, -0.15) is 0 Å². The maximum atomic E-state index is 12.9. The van der Waals surface area contributed by atoms with E-state index in [2.05, 4.69) is 10.6 Å². The van der Waals surface area contributed by atoms with Crippen LogP contribution in [-0.2, 0) is 16.0 Å². The molecule has 0 aromatic heterocycles. The number of hydrogen-bond donors (Lipinski definition) is 2. The summed E-state index contributed by atoms with van der Waals surface area (Å²) >= 11 is 0. The Labute approximate surface area is 158 Å². The van der Waals surface area contributed by atoms with Crippen molar-refractivity contribution < 1.29 is 19.1 Å². The zero-order chi connectivity index (χ0) is 19.4. The highest BCUT2D eigenvalue weighted by atomic mass is 16.5. The predicted molar refractivity (Wildman–Crippen MR) is 104 cm³/mol. The summed E-state index contributed by atoms with van der Waals surface area (Å²) in [6.07, 6.45) is 1.84. The standard InChI is InChI=1S/C21H24N2O4/c1-4-14-7-5-6-8-16(14)22-19(24)21(11-12-21)20(25)23-17-13-15(26-2)9-10-18(17)27-3/h5-10,13H,4,11-12H2,1-3H3,(H,22,24)(H,23,25). The average Bonchev–Trinajstić information content (AvgIpc) is 3.50. The van der Waals surface area contributed by atoms with Gasteiger partial charge in [0, 0.05) is 11.8 Å². The molecule has 2 aromatic carbocycles. The van der Waals surface area contributed by atoms with Crippen LogP contribution in [0, 0.1) is 5.41 Å². The highest BCUT2D eigenvalue weighted by Crippen LogP contribution is 2.48. The molecule has 0 spiro atoms. The van der Waals surface area contributed by atoms with Crippen molar-refractivity contribution in [2.24, 2.45) is 5.41 Å². The quantitative estimate of drug-likeness (QED) is 0.732. The van der Waals surface area contributed by atoms with Gasteiger partial charge < -0.3 is 20.1 Å². The van der Waals surface area contributed by atoms with E-state index in [0.29, 0.717) is 30.0 Å². The lowest BCUT2D eigenvalue weighted by Gasteiger charge is -2.18. The normalized spacial score (nSPS) is 14.2. The van der Waals surface area contributed by atoms with E-state index in [0.717, 1.165) is 17.7 Å². The first kappa shape index (κ1) is 18.8. The molecule has 27 heavy (non-hydrogen) atoms.